The highest BCUT2D eigenvalue weighted by Crippen LogP contribution is 2.38. The molecule has 1 aliphatic rings. The van der Waals surface area contributed by atoms with Gasteiger partial charge in [-0.1, -0.05) is 75.0 Å². The van der Waals surface area contributed by atoms with E-state index in [1.165, 1.54) is 18.4 Å². The van der Waals surface area contributed by atoms with Crippen LogP contribution in [0, 0.1) is 10.1 Å². The molecule has 0 fully saturated rings. The van der Waals surface area contributed by atoms with E-state index in [4.69, 9.17) is 9.47 Å². The first kappa shape index (κ1) is 33.8. The summed E-state index contributed by atoms with van der Waals surface area (Å²) in [6, 6.07) is 15.4. The highest BCUT2D eigenvalue weighted by molar-refractivity contribution is 7.90. The number of cyclic esters (lactones) is 1. The fourth-order valence-electron chi connectivity index (χ4n) is 2.86. The standard InChI is InChI=1S/C21H18O5S.C3H6.C2H5NO3.C2H6/c1-3-4-14-25-21-19(16-10-12-17(13-11-16)27(2,23)24)18(20(22)26-21)15-8-6-5-7-9-15;1-3-2;1-2-6-3(4)5;1-2/h3-14,21H,1H2,2H3;3H,1H2,2H3;2H2,1H3;1-2H3/b14-4+;;;. The normalized spacial score (nSPS) is 13.9. The number of sulfone groups is 1. The number of benzene rings is 2. The van der Waals surface area contributed by atoms with Crippen LogP contribution < -0.4 is 0 Å². The minimum absolute atomic E-state index is 0.132. The van der Waals surface area contributed by atoms with Crippen molar-refractivity contribution in [3.8, 4) is 0 Å². The Morgan fingerprint density at radius 3 is 2.03 bits per heavy atom. The molecule has 0 spiro atoms. The summed E-state index contributed by atoms with van der Waals surface area (Å²) in [5.41, 5.74) is 2.27. The van der Waals surface area contributed by atoms with Crippen molar-refractivity contribution in [2.24, 2.45) is 0 Å². The van der Waals surface area contributed by atoms with Crippen LogP contribution in [0.15, 0.2) is 97.1 Å². The van der Waals surface area contributed by atoms with Crippen LogP contribution in [0.5, 0.6) is 0 Å². The Hall–Kier alpha value is -4.18. The minimum Gasteiger partial charge on any atom is -0.458 e. The van der Waals surface area contributed by atoms with Crippen molar-refractivity contribution in [1.29, 1.82) is 0 Å². The molecule has 0 N–H and O–H groups in total. The molecular weight excluding hydrogens is 510 g/mol. The van der Waals surface area contributed by atoms with Gasteiger partial charge in [0.05, 0.1) is 28.9 Å². The molecule has 0 saturated carbocycles. The van der Waals surface area contributed by atoms with Crippen molar-refractivity contribution in [3.63, 3.8) is 0 Å². The van der Waals surface area contributed by atoms with E-state index in [0.717, 1.165) is 6.26 Å². The molecule has 0 aromatic heterocycles. The van der Waals surface area contributed by atoms with E-state index in [0.29, 0.717) is 22.3 Å². The molecule has 0 aliphatic carbocycles. The SMILES string of the molecule is C=C/C=C/OC1OC(=O)C(c2ccccc2)=C1c1ccc(S(C)(=O)=O)cc1.C=CC.CC.CCO[N+](=O)[O-]. The van der Waals surface area contributed by atoms with Crippen LogP contribution >= 0.6 is 0 Å². The van der Waals surface area contributed by atoms with Crippen LogP contribution in [0.2, 0.25) is 0 Å². The molecule has 2 aromatic carbocycles. The first-order valence-electron chi connectivity index (χ1n) is 11.7. The smallest absolute Gasteiger partial charge is 0.342 e. The maximum atomic E-state index is 12.5. The molecule has 9 nitrogen and oxygen atoms in total. The minimum atomic E-state index is -3.32. The van der Waals surface area contributed by atoms with Crippen LogP contribution in [-0.2, 0) is 28.9 Å². The molecule has 10 heteroatoms. The summed E-state index contributed by atoms with van der Waals surface area (Å²) in [6.45, 7) is 14.5. The molecule has 0 amide bonds. The Morgan fingerprint density at radius 2 is 1.61 bits per heavy atom. The third kappa shape index (κ3) is 11.3. The maximum Gasteiger partial charge on any atom is 0.342 e. The van der Waals surface area contributed by atoms with Gasteiger partial charge < -0.3 is 14.3 Å². The first-order valence-corrected chi connectivity index (χ1v) is 13.6. The Labute approximate surface area is 224 Å². The number of ether oxygens (including phenoxy) is 2. The fraction of sp³-hybridized carbons (Fsp3) is 0.250. The molecule has 1 atom stereocenters. The maximum absolute atomic E-state index is 12.5. The van der Waals surface area contributed by atoms with Gasteiger partial charge in [0.1, 0.15) is 0 Å². The average molecular weight is 546 g/mol. The van der Waals surface area contributed by atoms with Crippen molar-refractivity contribution >= 4 is 27.0 Å². The van der Waals surface area contributed by atoms with Gasteiger partial charge in [0.2, 0.25) is 0 Å². The van der Waals surface area contributed by atoms with Gasteiger partial charge >= 0.3 is 5.97 Å². The van der Waals surface area contributed by atoms with Crippen molar-refractivity contribution in [3.05, 3.63) is 113 Å². The van der Waals surface area contributed by atoms with Gasteiger partial charge in [-0.3, -0.25) is 0 Å². The van der Waals surface area contributed by atoms with Crippen molar-refractivity contribution < 1.29 is 32.6 Å². The topological polar surface area (TPSA) is 122 Å². The van der Waals surface area contributed by atoms with E-state index >= 15 is 0 Å². The van der Waals surface area contributed by atoms with Crippen molar-refractivity contribution in [2.45, 2.75) is 38.9 Å². The van der Waals surface area contributed by atoms with E-state index in [-0.39, 0.29) is 11.5 Å². The van der Waals surface area contributed by atoms with Gasteiger partial charge in [-0.15, -0.1) is 16.7 Å². The number of nitrogens with zero attached hydrogens (tertiary/aromatic N) is 1. The third-order valence-corrected chi connectivity index (χ3v) is 5.36. The van der Waals surface area contributed by atoms with E-state index in [1.807, 2.05) is 51.1 Å². The lowest BCUT2D eigenvalue weighted by atomic mass is 9.96. The van der Waals surface area contributed by atoms with Crippen LogP contribution in [-0.4, -0.2) is 38.6 Å². The largest absolute Gasteiger partial charge is 0.458 e. The van der Waals surface area contributed by atoms with Gasteiger partial charge in [0.25, 0.3) is 11.4 Å². The van der Waals surface area contributed by atoms with Gasteiger partial charge in [-0.25, -0.2) is 13.2 Å². The summed E-state index contributed by atoms with van der Waals surface area (Å²) in [5, 5.41) is 8.36. The molecule has 0 saturated heterocycles. The summed E-state index contributed by atoms with van der Waals surface area (Å²) < 4.78 is 34.4. The Bertz CT molecular complexity index is 1200. The van der Waals surface area contributed by atoms with Crippen molar-refractivity contribution in [2.75, 3.05) is 12.9 Å². The van der Waals surface area contributed by atoms with E-state index in [2.05, 4.69) is 18.0 Å². The Kier molecular flexibility index (Phi) is 16.1. The molecule has 2 aromatic rings. The third-order valence-electron chi connectivity index (χ3n) is 4.23. The zero-order chi connectivity index (χ0) is 29.1. The Morgan fingerprint density at radius 1 is 1.05 bits per heavy atom. The van der Waals surface area contributed by atoms with Crippen LogP contribution in [0.3, 0.4) is 0 Å². The predicted octanol–water partition coefficient (Wildman–Crippen LogP) is 6.03. The second-order valence-electron chi connectivity index (χ2n) is 6.94. The second kappa shape index (κ2) is 18.1. The molecule has 0 radical (unpaired) electrons. The summed E-state index contributed by atoms with van der Waals surface area (Å²) in [6.07, 6.45) is 6.47. The Balaban J connectivity index is 0.00000106. The van der Waals surface area contributed by atoms with Gasteiger partial charge in [-0.05, 0) is 43.2 Å². The molecule has 1 heterocycles. The molecular formula is C28H35NO8S. The highest BCUT2D eigenvalue weighted by atomic mass is 32.2. The van der Waals surface area contributed by atoms with E-state index in [1.54, 1.807) is 37.3 Å². The zero-order valence-electron chi connectivity index (χ0n) is 22.3. The number of allylic oxidation sites excluding steroid dienone is 3. The summed E-state index contributed by atoms with van der Waals surface area (Å²) >= 11 is 0. The van der Waals surface area contributed by atoms with Gasteiger partial charge in [0.15, 0.2) is 9.84 Å². The number of carbonyl (C=O) groups excluding carboxylic acids is 1. The molecule has 38 heavy (non-hydrogen) atoms. The monoisotopic (exact) mass is 545 g/mol. The number of rotatable bonds is 8. The lowest BCUT2D eigenvalue weighted by Gasteiger charge is -2.14. The summed E-state index contributed by atoms with van der Waals surface area (Å²) in [4.78, 5) is 25.7. The van der Waals surface area contributed by atoms with Gasteiger partial charge in [0, 0.05) is 6.26 Å². The molecule has 3 rings (SSSR count). The number of hydrogen-bond donors (Lipinski definition) is 0. The lowest BCUT2D eigenvalue weighted by molar-refractivity contribution is -0.756. The van der Waals surface area contributed by atoms with Crippen molar-refractivity contribution in [1.82, 2.24) is 0 Å². The quantitative estimate of drug-likeness (QED) is 0.0984. The van der Waals surface area contributed by atoms with Crippen LogP contribution in [0.25, 0.3) is 11.1 Å². The second-order valence-corrected chi connectivity index (χ2v) is 8.95. The molecule has 1 unspecified atom stereocenters. The molecule has 0 bridgehead atoms. The van der Waals surface area contributed by atoms with E-state index in [9.17, 15) is 23.3 Å². The molecule has 1 aliphatic heterocycles. The zero-order valence-corrected chi connectivity index (χ0v) is 23.1. The fourth-order valence-corrected chi connectivity index (χ4v) is 3.49. The summed E-state index contributed by atoms with van der Waals surface area (Å²) in [5.74, 6) is -0.500. The lowest BCUT2D eigenvalue weighted by Crippen LogP contribution is -2.12. The van der Waals surface area contributed by atoms with Crippen LogP contribution in [0.4, 0.5) is 0 Å². The predicted molar refractivity (Wildman–Crippen MR) is 149 cm³/mol. The average Bonchev–Trinajstić information content (AvgIpc) is 3.22. The van der Waals surface area contributed by atoms with Crippen LogP contribution in [0.1, 0.15) is 38.8 Å². The number of carbonyl (C=O) groups is 1. The number of hydrogen-bond acceptors (Lipinski definition) is 8. The van der Waals surface area contributed by atoms with E-state index < -0.39 is 27.2 Å². The first-order chi connectivity index (χ1) is 18.1. The molecule has 206 valence electrons. The summed E-state index contributed by atoms with van der Waals surface area (Å²) in [7, 11) is -3.32. The highest BCUT2D eigenvalue weighted by Gasteiger charge is 2.36. The van der Waals surface area contributed by atoms with Gasteiger partial charge in [-0.2, -0.15) is 0 Å². The number of esters is 1.